The molecule has 0 radical (unpaired) electrons. The van der Waals surface area contributed by atoms with E-state index in [2.05, 4.69) is 16.1 Å². The first-order chi connectivity index (χ1) is 24.2. The molecule has 0 aromatic heterocycles. The molecule has 0 saturated carbocycles. The predicted molar refractivity (Wildman–Crippen MR) is 178 cm³/mol. The lowest BCUT2D eigenvalue weighted by molar-refractivity contribution is -0.375. The molecule has 0 atom stereocenters. The summed E-state index contributed by atoms with van der Waals surface area (Å²) in [5.74, 6) is -23.1. The van der Waals surface area contributed by atoms with Gasteiger partial charge in [0.1, 0.15) is 23.9 Å². The molecule has 5 nitrogen and oxygen atoms in total. The van der Waals surface area contributed by atoms with Crippen molar-refractivity contribution in [3.63, 3.8) is 0 Å². The summed E-state index contributed by atoms with van der Waals surface area (Å²) in [5, 5.41) is 0. The van der Waals surface area contributed by atoms with Crippen molar-refractivity contribution in [2.45, 2.75) is 62.7 Å². The highest BCUT2D eigenvalue weighted by atomic mass is 19.4. The number of benzene rings is 3. The SMILES string of the molecule is C=Cc1ccc(OCCCCCCOc2ccc(-c3ccc(OCC(F)(F)C(F)(F)C(F)(F)C(F)(F)COCC4(CC)COC4)cc3)cc2)cc1. The Morgan fingerprint density at radius 3 is 1.47 bits per heavy atom. The van der Waals surface area contributed by atoms with E-state index in [1.165, 1.54) is 24.3 Å². The van der Waals surface area contributed by atoms with E-state index in [0.29, 0.717) is 36.5 Å². The van der Waals surface area contributed by atoms with E-state index in [1.807, 2.05) is 24.3 Å². The van der Waals surface area contributed by atoms with Gasteiger partial charge in [0.05, 0.1) is 33.0 Å². The standard InChI is InChI=1S/C38H42F8O5/c1-3-28-9-15-31(16-10-28)49-21-7-5-6-8-22-50-32-17-11-29(12-18-32)30-13-19-33(20-14-30)51-27-36(41,42)38(45,46)37(43,44)35(39,40)26-48-25-34(4-2)23-47-24-34/h3,9-20H,1,4-8,21-27H2,2H3. The molecule has 0 bridgehead atoms. The van der Waals surface area contributed by atoms with E-state index in [1.54, 1.807) is 37.3 Å². The van der Waals surface area contributed by atoms with Crippen LogP contribution in [0, 0.1) is 5.41 Å². The van der Waals surface area contributed by atoms with Crippen LogP contribution in [0.3, 0.4) is 0 Å². The lowest BCUT2D eigenvalue weighted by atomic mass is 9.84. The van der Waals surface area contributed by atoms with E-state index >= 15 is 0 Å². The Bertz CT molecular complexity index is 1500. The maximum Gasteiger partial charge on any atom is 0.381 e. The van der Waals surface area contributed by atoms with Crippen LogP contribution >= 0.6 is 0 Å². The zero-order valence-electron chi connectivity index (χ0n) is 28.3. The van der Waals surface area contributed by atoms with Crippen molar-refractivity contribution in [2.24, 2.45) is 5.41 Å². The van der Waals surface area contributed by atoms with Gasteiger partial charge in [-0.2, -0.15) is 35.1 Å². The van der Waals surface area contributed by atoms with Crippen LogP contribution in [0.25, 0.3) is 17.2 Å². The molecule has 51 heavy (non-hydrogen) atoms. The van der Waals surface area contributed by atoms with Crippen LogP contribution in [-0.2, 0) is 9.47 Å². The zero-order chi connectivity index (χ0) is 37.2. The average molecular weight is 731 g/mol. The van der Waals surface area contributed by atoms with Crippen molar-refractivity contribution in [3.05, 3.63) is 84.9 Å². The van der Waals surface area contributed by atoms with Crippen LogP contribution in [0.5, 0.6) is 17.2 Å². The molecule has 3 aromatic carbocycles. The normalized spacial score (nSPS) is 14.8. The number of unbranched alkanes of at least 4 members (excludes halogenated alkanes) is 3. The Morgan fingerprint density at radius 1 is 0.627 bits per heavy atom. The molecular formula is C38H42F8O5. The third kappa shape index (κ3) is 9.94. The van der Waals surface area contributed by atoms with Gasteiger partial charge in [-0.1, -0.05) is 56.0 Å². The summed E-state index contributed by atoms with van der Waals surface area (Å²) in [6, 6.07) is 19.9. The van der Waals surface area contributed by atoms with Gasteiger partial charge in [-0.25, -0.2) is 0 Å². The van der Waals surface area contributed by atoms with Gasteiger partial charge in [-0.3, -0.25) is 0 Å². The summed E-state index contributed by atoms with van der Waals surface area (Å²) < 4.78 is 140. The lowest BCUT2D eigenvalue weighted by Crippen LogP contribution is -2.65. The van der Waals surface area contributed by atoms with Crippen molar-refractivity contribution in [1.82, 2.24) is 0 Å². The Labute approximate surface area is 292 Å². The molecule has 1 aliphatic heterocycles. The van der Waals surface area contributed by atoms with Crippen LogP contribution in [0.15, 0.2) is 79.4 Å². The summed E-state index contributed by atoms with van der Waals surface area (Å²) in [6.45, 7) is 1.87. The summed E-state index contributed by atoms with van der Waals surface area (Å²) in [7, 11) is 0. The third-order valence-corrected chi connectivity index (χ3v) is 8.73. The topological polar surface area (TPSA) is 46.2 Å². The van der Waals surface area contributed by atoms with E-state index in [-0.39, 0.29) is 19.0 Å². The fourth-order valence-electron chi connectivity index (χ4n) is 5.12. The number of hydrogen-bond acceptors (Lipinski definition) is 5. The first kappa shape index (κ1) is 39.9. The monoisotopic (exact) mass is 730 g/mol. The van der Waals surface area contributed by atoms with Gasteiger partial charge in [0.25, 0.3) is 0 Å². The molecule has 0 spiro atoms. The first-order valence-electron chi connectivity index (χ1n) is 16.6. The summed E-state index contributed by atoms with van der Waals surface area (Å²) in [4.78, 5) is 0. The van der Waals surface area contributed by atoms with Crippen molar-refractivity contribution in [2.75, 3.05) is 46.2 Å². The fraction of sp³-hybridized carbons (Fsp3) is 0.474. The van der Waals surface area contributed by atoms with Crippen molar-refractivity contribution < 1.29 is 58.8 Å². The van der Waals surface area contributed by atoms with Crippen LogP contribution in [-0.4, -0.2) is 69.9 Å². The number of halogens is 8. The molecule has 1 heterocycles. The van der Waals surface area contributed by atoms with Gasteiger partial charge in [0, 0.05) is 5.41 Å². The zero-order valence-corrected chi connectivity index (χ0v) is 28.3. The van der Waals surface area contributed by atoms with Gasteiger partial charge in [-0.15, -0.1) is 0 Å². The molecule has 3 aromatic rings. The van der Waals surface area contributed by atoms with Crippen molar-refractivity contribution >= 4 is 6.08 Å². The minimum Gasteiger partial charge on any atom is -0.494 e. The molecule has 280 valence electrons. The lowest BCUT2D eigenvalue weighted by Gasteiger charge is -2.41. The average Bonchev–Trinajstić information content (AvgIpc) is 3.10. The largest absolute Gasteiger partial charge is 0.494 e. The summed E-state index contributed by atoms with van der Waals surface area (Å²) >= 11 is 0. The van der Waals surface area contributed by atoms with Crippen LogP contribution in [0.2, 0.25) is 0 Å². The van der Waals surface area contributed by atoms with E-state index in [0.717, 1.165) is 37.0 Å². The third-order valence-electron chi connectivity index (χ3n) is 8.73. The van der Waals surface area contributed by atoms with Crippen LogP contribution < -0.4 is 14.2 Å². The molecular weight excluding hydrogens is 688 g/mol. The molecule has 0 unspecified atom stereocenters. The minimum atomic E-state index is -6.47. The van der Waals surface area contributed by atoms with Crippen LogP contribution in [0.1, 0.15) is 44.6 Å². The van der Waals surface area contributed by atoms with E-state index in [4.69, 9.17) is 14.2 Å². The second kappa shape index (κ2) is 17.1. The van der Waals surface area contributed by atoms with Gasteiger partial charge >= 0.3 is 23.7 Å². The fourth-order valence-corrected chi connectivity index (χ4v) is 5.12. The quantitative estimate of drug-likeness (QED) is 0.0761. The Balaban J connectivity index is 1.18. The molecule has 0 aliphatic carbocycles. The molecule has 0 amide bonds. The molecule has 1 fully saturated rings. The van der Waals surface area contributed by atoms with Crippen molar-refractivity contribution in [1.29, 1.82) is 0 Å². The van der Waals surface area contributed by atoms with E-state index in [9.17, 15) is 35.1 Å². The highest BCUT2D eigenvalue weighted by molar-refractivity contribution is 5.64. The number of ether oxygens (including phenoxy) is 5. The molecule has 1 aliphatic rings. The molecule has 4 rings (SSSR count). The van der Waals surface area contributed by atoms with E-state index < -0.39 is 48.9 Å². The Morgan fingerprint density at radius 2 is 1.06 bits per heavy atom. The Kier molecular flexibility index (Phi) is 13.4. The van der Waals surface area contributed by atoms with Gasteiger partial charge < -0.3 is 23.7 Å². The smallest absolute Gasteiger partial charge is 0.381 e. The highest BCUT2D eigenvalue weighted by Crippen LogP contribution is 2.53. The minimum absolute atomic E-state index is 0.117. The summed E-state index contributed by atoms with van der Waals surface area (Å²) in [5.41, 5.74) is 1.64. The Hall–Kier alpha value is -3.84. The van der Waals surface area contributed by atoms with Gasteiger partial charge in [0.15, 0.2) is 6.61 Å². The number of alkyl halides is 8. The molecule has 13 heteroatoms. The molecule has 0 N–H and O–H groups in total. The number of rotatable bonds is 22. The van der Waals surface area contributed by atoms with Crippen LogP contribution in [0.4, 0.5) is 35.1 Å². The highest BCUT2D eigenvalue weighted by Gasteiger charge is 2.80. The maximum atomic E-state index is 14.4. The first-order valence-corrected chi connectivity index (χ1v) is 16.6. The van der Waals surface area contributed by atoms with Crippen molar-refractivity contribution in [3.8, 4) is 28.4 Å². The van der Waals surface area contributed by atoms with Gasteiger partial charge in [-0.05, 0) is 85.2 Å². The number of hydrogen-bond donors (Lipinski definition) is 0. The predicted octanol–water partition coefficient (Wildman–Crippen LogP) is 10.4. The summed E-state index contributed by atoms with van der Waals surface area (Å²) in [6.07, 6.45) is 5.89. The maximum absolute atomic E-state index is 14.4. The molecule has 1 saturated heterocycles. The van der Waals surface area contributed by atoms with Gasteiger partial charge in [0.2, 0.25) is 0 Å². The second-order valence-corrected chi connectivity index (χ2v) is 12.6. The second-order valence-electron chi connectivity index (χ2n) is 12.6.